The smallest absolute Gasteiger partial charge is 0.250 e. The number of nitrogens with two attached hydrogens (primary N) is 1. The van der Waals surface area contributed by atoms with Crippen LogP contribution in [0.1, 0.15) is 0 Å². The van der Waals surface area contributed by atoms with Gasteiger partial charge in [-0.2, -0.15) is 0 Å². The molecule has 0 bridgehead atoms. The summed E-state index contributed by atoms with van der Waals surface area (Å²) in [5, 5.41) is 7.97. The van der Waals surface area contributed by atoms with Crippen LogP contribution in [0.3, 0.4) is 0 Å². The van der Waals surface area contributed by atoms with E-state index < -0.39 is 0 Å². The second-order valence-electron chi connectivity index (χ2n) is 4.60. The van der Waals surface area contributed by atoms with E-state index in [1.807, 2.05) is 30.3 Å². The molecule has 0 atom stereocenters. The molecule has 0 aliphatic heterocycles. The van der Waals surface area contributed by atoms with Gasteiger partial charge in [0.1, 0.15) is 11.4 Å². The zero-order chi connectivity index (χ0) is 14.8. The average molecular weight is 279 g/mol. The minimum absolute atomic E-state index is 0.0867. The first kappa shape index (κ1) is 13.0. The number of hydrogen-bond acceptors (Lipinski definition) is 5. The summed E-state index contributed by atoms with van der Waals surface area (Å²) in [6.45, 7) is 0. The second-order valence-corrected chi connectivity index (χ2v) is 4.60. The summed E-state index contributed by atoms with van der Waals surface area (Å²) >= 11 is 0. The molecule has 0 spiro atoms. The number of anilines is 1. The molecule has 0 amide bonds. The van der Waals surface area contributed by atoms with Crippen LogP contribution in [0.15, 0.2) is 53.5 Å². The zero-order valence-electron chi connectivity index (χ0n) is 11.4. The lowest BCUT2D eigenvalue weighted by molar-refractivity contribution is 0.859. The van der Waals surface area contributed by atoms with Gasteiger partial charge in [0.2, 0.25) is 11.5 Å². The largest absolute Gasteiger partial charge is 0.366 e. The number of benzene rings is 1. The maximum absolute atomic E-state index is 11.5. The lowest BCUT2D eigenvalue weighted by Crippen LogP contribution is -2.14. The molecule has 3 aromatic rings. The van der Waals surface area contributed by atoms with Crippen molar-refractivity contribution in [2.75, 3.05) is 5.73 Å². The van der Waals surface area contributed by atoms with Crippen molar-refractivity contribution < 1.29 is 0 Å². The SMILES string of the molecule is Cn1cc(-c2nnc(N)nc2-c2ccccc2)ccc1=O. The Balaban J connectivity index is 2.23. The molecular formula is C15H13N5O. The second kappa shape index (κ2) is 5.16. The maximum atomic E-state index is 11.5. The molecule has 2 aromatic heterocycles. The Morgan fingerprint density at radius 1 is 0.952 bits per heavy atom. The number of aromatic nitrogens is 4. The predicted molar refractivity (Wildman–Crippen MR) is 80.4 cm³/mol. The summed E-state index contributed by atoms with van der Waals surface area (Å²) < 4.78 is 1.49. The molecule has 2 heterocycles. The molecule has 0 saturated carbocycles. The van der Waals surface area contributed by atoms with Gasteiger partial charge in [0, 0.05) is 30.4 Å². The summed E-state index contributed by atoms with van der Waals surface area (Å²) in [7, 11) is 1.69. The van der Waals surface area contributed by atoms with E-state index in [2.05, 4.69) is 15.2 Å². The monoisotopic (exact) mass is 279 g/mol. The van der Waals surface area contributed by atoms with Gasteiger partial charge in [-0.15, -0.1) is 10.2 Å². The van der Waals surface area contributed by atoms with E-state index in [1.165, 1.54) is 10.6 Å². The maximum Gasteiger partial charge on any atom is 0.250 e. The number of nitrogens with zero attached hydrogens (tertiary/aromatic N) is 4. The van der Waals surface area contributed by atoms with E-state index in [0.717, 1.165) is 11.1 Å². The first-order valence-electron chi connectivity index (χ1n) is 6.38. The molecule has 0 saturated heterocycles. The normalized spacial score (nSPS) is 10.5. The summed E-state index contributed by atoms with van der Waals surface area (Å²) in [6, 6.07) is 12.8. The third-order valence-electron chi connectivity index (χ3n) is 3.11. The highest BCUT2D eigenvalue weighted by Crippen LogP contribution is 2.27. The van der Waals surface area contributed by atoms with Crippen LogP contribution in [0.25, 0.3) is 22.5 Å². The molecule has 2 N–H and O–H groups in total. The number of aryl methyl sites for hydroxylation is 1. The fourth-order valence-corrected chi connectivity index (χ4v) is 2.06. The van der Waals surface area contributed by atoms with Crippen molar-refractivity contribution >= 4 is 5.95 Å². The minimum atomic E-state index is -0.0867. The molecule has 104 valence electrons. The van der Waals surface area contributed by atoms with Gasteiger partial charge in [-0.3, -0.25) is 4.79 Å². The van der Waals surface area contributed by atoms with Gasteiger partial charge < -0.3 is 10.3 Å². The fourth-order valence-electron chi connectivity index (χ4n) is 2.06. The standard InChI is InChI=1S/C15H13N5O/c1-20-9-11(7-8-12(20)21)14-13(17-15(16)19-18-14)10-5-3-2-4-6-10/h2-9H,1H3,(H2,16,17,19). The molecule has 0 aliphatic rings. The van der Waals surface area contributed by atoms with Crippen molar-refractivity contribution in [2.45, 2.75) is 0 Å². The van der Waals surface area contributed by atoms with Gasteiger partial charge in [0.15, 0.2) is 0 Å². The molecule has 21 heavy (non-hydrogen) atoms. The Hall–Kier alpha value is -3.02. The van der Waals surface area contributed by atoms with Crippen molar-refractivity contribution in [3.05, 3.63) is 59.0 Å². The van der Waals surface area contributed by atoms with E-state index in [-0.39, 0.29) is 11.5 Å². The minimum Gasteiger partial charge on any atom is -0.366 e. The van der Waals surface area contributed by atoms with Crippen LogP contribution in [0.4, 0.5) is 5.95 Å². The first-order chi connectivity index (χ1) is 10.1. The molecule has 0 radical (unpaired) electrons. The van der Waals surface area contributed by atoms with E-state index >= 15 is 0 Å². The summed E-state index contributed by atoms with van der Waals surface area (Å²) in [4.78, 5) is 15.8. The van der Waals surface area contributed by atoms with E-state index in [1.54, 1.807) is 19.3 Å². The van der Waals surface area contributed by atoms with Crippen LogP contribution >= 0.6 is 0 Å². The summed E-state index contributed by atoms with van der Waals surface area (Å²) in [5.74, 6) is 0.113. The quantitative estimate of drug-likeness (QED) is 0.768. The number of rotatable bonds is 2. The Morgan fingerprint density at radius 3 is 2.43 bits per heavy atom. The third-order valence-corrected chi connectivity index (χ3v) is 3.11. The first-order valence-corrected chi connectivity index (χ1v) is 6.38. The van der Waals surface area contributed by atoms with Crippen molar-refractivity contribution in [2.24, 2.45) is 7.05 Å². The molecular weight excluding hydrogens is 266 g/mol. The average Bonchev–Trinajstić information content (AvgIpc) is 2.51. The Morgan fingerprint density at radius 2 is 1.71 bits per heavy atom. The number of pyridine rings is 1. The molecule has 0 unspecified atom stereocenters. The third kappa shape index (κ3) is 2.51. The number of nitrogen functional groups attached to an aromatic ring is 1. The Labute approximate surface area is 120 Å². The topological polar surface area (TPSA) is 86.7 Å². The van der Waals surface area contributed by atoms with Crippen LogP contribution in [0, 0.1) is 0 Å². The van der Waals surface area contributed by atoms with E-state index in [0.29, 0.717) is 11.4 Å². The molecule has 6 heteroatoms. The lowest BCUT2D eigenvalue weighted by Gasteiger charge is -2.08. The zero-order valence-corrected chi connectivity index (χ0v) is 11.4. The van der Waals surface area contributed by atoms with Crippen molar-refractivity contribution in [1.29, 1.82) is 0 Å². The summed E-state index contributed by atoms with van der Waals surface area (Å²) in [6.07, 6.45) is 1.71. The van der Waals surface area contributed by atoms with Crippen LogP contribution < -0.4 is 11.3 Å². The molecule has 0 fully saturated rings. The lowest BCUT2D eigenvalue weighted by atomic mass is 10.1. The number of hydrogen-bond donors (Lipinski definition) is 1. The van der Waals surface area contributed by atoms with Gasteiger partial charge in [-0.25, -0.2) is 4.98 Å². The Kier molecular flexibility index (Phi) is 3.19. The fraction of sp³-hybridized carbons (Fsp3) is 0.0667. The molecule has 3 rings (SSSR count). The van der Waals surface area contributed by atoms with E-state index in [9.17, 15) is 4.79 Å². The van der Waals surface area contributed by atoms with Crippen LogP contribution in [-0.2, 0) is 7.05 Å². The highest BCUT2D eigenvalue weighted by atomic mass is 16.1. The Bertz CT molecular complexity index is 842. The van der Waals surface area contributed by atoms with Crippen molar-refractivity contribution in [3.8, 4) is 22.5 Å². The van der Waals surface area contributed by atoms with Gasteiger partial charge in [-0.05, 0) is 6.07 Å². The van der Waals surface area contributed by atoms with E-state index in [4.69, 9.17) is 5.73 Å². The molecule has 1 aromatic carbocycles. The van der Waals surface area contributed by atoms with Crippen molar-refractivity contribution in [3.63, 3.8) is 0 Å². The van der Waals surface area contributed by atoms with Gasteiger partial charge in [0.05, 0.1) is 0 Å². The van der Waals surface area contributed by atoms with Crippen LogP contribution in [0.2, 0.25) is 0 Å². The predicted octanol–water partition coefficient (Wildman–Crippen LogP) is 1.49. The van der Waals surface area contributed by atoms with Gasteiger partial charge in [0.25, 0.3) is 0 Å². The van der Waals surface area contributed by atoms with Crippen molar-refractivity contribution in [1.82, 2.24) is 19.7 Å². The van der Waals surface area contributed by atoms with Crippen LogP contribution in [0.5, 0.6) is 0 Å². The summed E-state index contributed by atoms with van der Waals surface area (Å²) in [5.41, 5.74) is 8.45. The molecule has 6 nitrogen and oxygen atoms in total. The highest BCUT2D eigenvalue weighted by Gasteiger charge is 2.13. The van der Waals surface area contributed by atoms with Gasteiger partial charge in [-0.1, -0.05) is 30.3 Å². The van der Waals surface area contributed by atoms with Crippen LogP contribution in [-0.4, -0.2) is 19.7 Å². The van der Waals surface area contributed by atoms with Gasteiger partial charge >= 0.3 is 0 Å². The highest BCUT2D eigenvalue weighted by molar-refractivity contribution is 5.77. The molecule has 0 aliphatic carbocycles.